The predicted molar refractivity (Wildman–Crippen MR) is 67.7 cm³/mol. The summed E-state index contributed by atoms with van der Waals surface area (Å²) in [5.41, 5.74) is 0.409. The minimum atomic E-state index is -1.05. The molecule has 0 aliphatic heterocycles. The highest BCUT2D eigenvalue weighted by Gasteiger charge is 2.36. The first-order chi connectivity index (χ1) is 8.61. The van der Waals surface area contributed by atoms with Crippen LogP contribution < -0.4 is 10.6 Å². The summed E-state index contributed by atoms with van der Waals surface area (Å²) in [5, 5.41) is 14.4. The Kier molecular flexibility index (Phi) is 3.50. The van der Waals surface area contributed by atoms with Crippen molar-refractivity contribution in [1.29, 1.82) is 0 Å². The molecule has 3 N–H and O–H groups in total. The minimum absolute atomic E-state index is 0.0930. The molecule has 1 aromatic rings. The van der Waals surface area contributed by atoms with E-state index in [9.17, 15) is 9.59 Å². The van der Waals surface area contributed by atoms with Gasteiger partial charge in [-0.05, 0) is 24.5 Å². The van der Waals surface area contributed by atoms with Crippen LogP contribution >= 0.6 is 0 Å². The zero-order chi connectivity index (χ0) is 13.1. The van der Waals surface area contributed by atoms with Crippen LogP contribution in [0.1, 0.15) is 30.1 Å². The summed E-state index contributed by atoms with van der Waals surface area (Å²) < 4.78 is 0. The van der Waals surface area contributed by atoms with Crippen molar-refractivity contribution in [1.82, 2.24) is 5.32 Å². The van der Waals surface area contributed by atoms with E-state index in [0.717, 1.165) is 12.8 Å². The minimum Gasteiger partial charge on any atom is -0.478 e. The summed E-state index contributed by atoms with van der Waals surface area (Å²) in [5.74, 6) is -0.491. The average Bonchev–Trinajstić information content (AvgIpc) is 3.07. The van der Waals surface area contributed by atoms with Crippen LogP contribution in [-0.4, -0.2) is 23.1 Å². The maximum Gasteiger partial charge on any atom is 0.337 e. The van der Waals surface area contributed by atoms with Crippen LogP contribution in [0.2, 0.25) is 0 Å². The number of aromatic carboxylic acids is 1. The predicted octanol–water partition coefficient (Wildman–Crippen LogP) is 2.30. The molecule has 1 aliphatic carbocycles. The highest BCUT2D eigenvalue weighted by atomic mass is 16.4. The van der Waals surface area contributed by atoms with Gasteiger partial charge in [-0.25, -0.2) is 9.59 Å². The molecule has 1 fully saturated rings. The quantitative estimate of drug-likeness (QED) is 0.765. The van der Waals surface area contributed by atoms with Gasteiger partial charge in [0.15, 0.2) is 0 Å². The van der Waals surface area contributed by atoms with Crippen LogP contribution in [0.3, 0.4) is 0 Å². The lowest BCUT2D eigenvalue weighted by atomic mass is 10.2. The Morgan fingerprint density at radius 2 is 2.11 bits per heavy atom. The van der Waals surface area contributed by atoms with Crippen LogP contribution in [-0.2, 0) is 0 Å². The molecule has 5 nitrogen and oxygen atoms in total. The number of urea groups is 1. The molecule has 0 bridgehead atoms. The van der Waals surface area contributed by atoms with Crippen molar-refractivity contribution >= 4 is 17.7 Å². The van der Waals surface area contributed by atoms with Gasteiger partial charge in [0.1, 0.15) is 0 Å². The van der Waals surface area contributed by atoms with E-state index in [-0.39, 0.29) is 17.6 Å². The standard InChI is InChI=1S/C13H16N2O3/c1-2-8-7-11(8)15-13(18)14-10-6-4-3-5-9(10)12(16)17/h3-6,8,11H,2,7H2,1H3,(H,16,17)(H2,14,15,18). The zero-order valence-corrected chi connectivity index (χ0v) is 10.1. The van der Waals surface area contributed by atoms with Gasteiger partial charge in [0.05, 0.1) is 11.3 Å². The highest BCUT2D eigenvalue weighted by molar-refractivity contribution is 6.00. The number of carboxylic acid groups (broad SMARTS) is 1. The molecule has 1 aromatic carbocycles. The molecule has 0 aromatic heterocycles. The lowest BCUT2D eigenvalue weighted by molar-refractivity contribution is 0.0698. The monoisotopic (exact) mass is 248 g/mol. The number of rotatable bonds is 4. The van der Waals surface area contributed by atoms with Crippen LogP contribution in [0, 0.1) is 5.92 Å². The molecule has 0 saturated heterocycles. The first kappa shape index (κ1) is 12.4. The summed E-state index contributed by atoms with van der Waals surface area (Å²) in [4.78, 5) is 22.6. The molecule has 96 valence electrons. The summed E-state index contributed by atoms with van der Waals surface area (Å²) >= 11 is 0. The normalized spacial score (nSPS) is 21.2. The molecule has 0 heterocycles. The number of anilines is 1. The van der Waals surface area contributed by atoms with Crippen molar-refractivity contribution in [3.8, 4) is 0 Å². The number of carbonyl (C=O) groups is 2. The van der Waals surface area contributed by atoms with E-state index >= 15 is 0 Å². The molecule has 2 atom stereocenters. The summed E-state index contributed by atoms with van der Waals surface area (Å²) in [6.07, 6.45) is 2.06. The third kappa shape index (κ3) is 2.80. The molecular formula is C13H16N2O3. The van der Waals surface area contributed by atoms with E-state index < -0.39 is 5.97 Å². The van der Waals surface area contributed by atoms with E-state index in [1.807, 2.05) is 0 Å². The molecule has 18 heavy (non-hydrogen) atoms. The topological polar surface area (TPSA) is 78.4 Å². The molecule has 1 saturated carbocycles. The molecule has 2 rings (SSSR count). The number of hydrogen-bond donors (Lipinski definition) is 3. The van der Waals surface area contributed by atoms with Crippen molar-refractivity contribution in [2.24, 2.45) is 5.92 Å². The number of amides is 2. The third-order valence-corrected chi connectivity index (χ3v) is 3.17. The Bertz CT molecular complexity index is 473. The fourth-order valence-corrected chi connectivity index (χ4v) is 1.98. The second-order valence-corrected chi connectivity index (χ2v) is 4.46. The second kappa shape index (κ2) is 5.08. The third-order valence-electron chi connectivity index (χ3n) is 3.17. The van der Waals surface area contributed by atoms with Gasteiger partial charge < -0.3 is 15.7 Å². The van der Waals surface area contributed by atoms with Gasteiger partial charge in [-0.3, -0.25) is 0 Å². The molecule has 2 amide bonds. The maximum absolute atomic E-state index is 11.7. The molecule has 2 unspecified atom stereocenters. The number of para-hydroxylation sites is 1. The first-order valence-electron chi connectivity index (χ1n) is 6.01. The Labute approximate surface area is 105 Å². The van der Waals surface area contributed by atoms with E-state index in [2.05, 4.69) is 17.6 Å². The summed E-state index contributed by atoms with van der Waals surface area (Å²) in [6.45, 7) is 2.09. The largest absolute Gasteiger partial charge is 0.478 e. The van der Waals surface area contributed by atoms with E-state index in [0.29, 0.717) is 11.6 Å². The van der Waals surface area contributed by atoms with Gasteiger partial charge in [0.2, 0.25) is 0 Å². The molecule has 0 spiro atoms. The lowest BCUT2D eigenvalue weighted by Gasteiger charge is -2.09. The maximum atomic E-state index is 11.7. The number of carboxylic acids is 1. The fourth-order valence-electron chi connectivity index (χ4n) is 1.98. The van der Waals surface area contributed by atoms with Gasteiger partial charge in [-0.2, -0.15) is 0 Å². The fraction of sp³-hybridized carbons (Fsp3) is 0.385. The van der Waals surface area contributed by atoms with Gasteiger partial charge in [0.25, 0.3) is 0 Å². The molecule has 0 radical (unpaired) electrons. The number of carbonyl (C=O) groups excluding carboxylic acids is 1. The lowest BCUT2D eigenvalue weighted by Crippen LogP contribution is -2.32. The Morgan fingerprint density at radius 1 is 1.39 bits per heavy atom. The van der Waals surface area contributed by atoms with Gasteiger partial charge in [-0.15, -0.1) is 0 Å². The first-order valence-corrected chi connectivity index (χ1v) is 6.01. The molecule has 5 heteroatoms. The van der Waals surface area contributed by atoms with Crippen molar-refractivity contribution < 1.29 is 14.7 Å². The number of hydrogen-bond acceptors (Lipinski definition) is 2. The number of nitrogens with one attached hydrogen (secondary N) is 2. The van der Waals surface area contributed by atoms with E-state index in [1.54, 1.807) is 18.2 Å². The van der Waals surface area contributed by atoms with Crippen LogP contribution in [0.4, 0.5) is 10.5 Å². The van der Waals surface area contributed by atoms with Crippen molar-refractivity contribution in [2.45, 2.75) is 25.8 Å². The van der Waals surface area contributed by atoms with E-state index in [1.165, 1.54) is 6.07 Å². The Balaban J connectivity index is 1.97. The smallest absolute Gasteiger partial charge is 0.337 e. The van der Waals surface area contributed by atoms with Crippen LogP contribution in [0.25, 0.3) is 0 Å². The van der Waals surface area contributed by atoms with E-state index in [4.69, 9.17) is 5.11 Å². The zero-order valence-electron chi connectivity index (χ0n) is 10.1. The average molecular weight is 248 g/mol. The van der Waals surface area contributed by atoms with Gasteiger partial charge in [0, 0.05) is 6.04 Å². The van der Waals surface area contributed by atoms with Gasteiger partial charge >= 0.3 is 12.0 Å². The number of benzene rings is 1. The second-order valence-electron chi connectivity index (χ2n) is 4.46. The van der Waals surface area contributed by atoms with Gasteiger partial charge in [-0.1, -0.05) is 25.5 Å². The molecular weight excluding hydrogens is 232 g/mol. The summed E-state index contributed by atoms with van der Waals surface area (Å²) in [6, 6.07) is 6.24. The Morgan fingerprint density at radius 3 is 2.72 bits per heavy atom. The van der Waals surface area contributed by atoms with Crippen molar-refractivity contribution in [3.63, 3.8) is 0 Å². The van der Waals surface area contributed by atoms with Crippen LogP contribution in [0.15, 0.2) is 24.3 Å². The van der Waals surface area contributed by atoms with Crippen LogP contribution in [0.5, 0.6) is 0 Å². The molecule has 1 aliphatic rings. The summed E-state index contributed by atoms with van der Waals surface area (Å²) in [7, 11) is 0. The SMILES string of the molecule is CCC1CC1NC(=O)Nc1ccccc1C(=O)O. The van der Waals surface area contributed by atoms with Crippen molar-refractivity contribution in [2.75, 3.05) is 5.32 Å². The Hall–Kier alpha value is -2.04. The van der Waals surface area contributed by atoms with Crippen molar-refractivity contribution in [3.05, 3.63) is 29.8 Å². The highest BCUT2D eigenvalue weighted by Crippen LogP contribution is 2.33.